The molecule has 0 amide bonds. The molecule has 2 atom stereocenters. The van der Waals surface area contributed by atoms with Gasteiger partial charge in [0.1, 0.15) is 0 Å². The van der Waals surface area contributed by atoms with Crippen LogP contribution < -0.4 is 0 Å². The van der Waals surface area contributed by atoms with E-state index in [0.29, 0.717) is 11.7 Å². The van der Waals surface area contributed by atoms with Crippen molar-refractivity contribution in [1.82, 2.24) is 4.90 Å². The third-order valence-corrected chi connectivity index (χ3v) is 6.51. The van der Waals surface area contributed by atoms with Crippen LogP contribution in [0.15, 0.2) is 41.6 Å². The second-order valence-corrected chi connectivity index (χ2v) is 12.2. The van der Waals surface area contributed by atoms with Gasteiger partial charge in [-0.25, -0.2) is 0 Å². The third kappa shape index (κ3) is 2.52. The molecule has 1 saturated heterocycles. The molecule has 2 aliphatic rings. The number of ketones is 1. The Kier molecular flexibility index (Phi) is 3.42. The maximum Gasteiger partial charge on any atom is 0.159 e. The van der Waals surface area contributed by atoms with Crippen LogP contribution in [-0.2, 0) is 11.3 Å². The minimum absolute atomic E-state index is 0.237. The van der Waals surface area contributed by atoms with Gasteiger partial charge in [-0.1, -0.05) is 56.0 Å². The van der Waals surface area contributed by atoms with Crippen LogP contribution >= 0.6 is 0 Å². The summed E-state index contributed by atoms with van der Waals surface area (Å²) in [5, 5.41) is 1.19. The van der Waals surface area contributed by atoms with Crippen LogP contribution in [0.3, 0.4) is 0 Å². The number of nitrogens with zero attached hydrogens (tertiary/aromatic N) is 1. The second-order valence-electron chi connectivity index (χ2n) is 7.14. The first kappa shape index (κ1) is 13.8. The fourth-order valence-corrected chi connectivity index (χ4v) is 5.08. The highest BCUT2D eigenvalue weighted by Crippen LogP contribution is 2.38. The normalized spacial score (nSPS) is 26.8. The number of carbonyl (C=O) groups excluding carboxylic acids is 1. The molecule has 20 heavy (non-hydrogen) atoms. The van der Waals surface area contributed by atoms with Crippen molar-refractivity contribution in [1.29, 1.82) is 0 Å². The average molecular weight is 285 g/mol. The van der Waals surface area contributed by atoms with Gasteiger partial charge in [0.15, 0.2) is 5.78 Å². The summed E-state index contributed by atoms with van der Waals surface area (Å²) in [5.74, 6) is 1.15. The summed E-state index contributed by atoms with van der Waals surface area (Å²) < 4.78 is 0. The van der Waals surface area contributed by atoms with Gasteiger partial charge in [-0.05, 0) is 10.8 Å². The Morgan fingerprint density at radius 2 is 1.85 bits per heavy atom. The molecule has 1 aromatic rings. The number of rotatable bonds is 3. The number of benzene rings is 1. The van der Waals surface area contributed by atoms with Crippen LogP contribution in [0.5, 0.6) is 0 Å². The lowest BCUT2D eigenvalue weighted by Gasteiger charge is -2.20. The highest BCUT2D eigenvalue weighted by Gasteiger charge is 2.45. The van der Waals surface area contributed by atoms with Gasteiger partial charge in [0.25, 0.3) is 0 Å². The van der Waals surface area contributed by atoms with Crippen LogP contribution in [0.1, 0.15) is 5.56 Å². The van der Waals surface area contributed by atoms with E-state index >= 15 is 0 Å². The van der Waals surface area contributed by atoms with Crippen LogP contribution in [0, 0.1) is 11.8 Å². The second kappa shape index (κ2) is 4.97. The zero-order chi connectivity index (χ0) is 14.3. The number of likely N-dealkylation sites (tertiary alicyclic amines) is 1. The Morgan fingerprint density at radius 1 is 1.15 bits per heavy atom. The number of fused-ring (bicyclic) bond motifs is 1. The van der Waals surface area contributed by atoms with Gasteiger partial charge >= 0.3 is 0 Å². The molecule has 0 spiro atoms. The lowest BCUT2D eigenvalue weighted by atomic mass is 9.99. The summed E-state index contributed by atoms with van der Waals surface area (Å²) in [7, 11) is -1.46. The molecule has 0 bridgehead atoms. The standard InChI is InChI=1S/C17H23NOSi/c1-20(2,3)16-9-14-11-18(12-15(14)17(16)19)10-13-7-5-4-6-8-13/h4-9,14-15H,10-12H2,1-3H3. The molecule has 0 saturated carbocycles. The molecule has 1 heterocycles. The molecule has 106 valence electrons. The number of Topliss-reactive ketones (excluding diaryl/α,β-unsaturated/α-hetero) is 1. The van der Waals surface area contributed by atoms with Gasteiger partial charge in [0.05, 0.1) is 8.07 Å². The van der Waals surface area contributed by atoms with Crippen molar-refractivity contribution >= 4 is 13.9 Å². The van der Waals surface area contributed by atoms with Crippen molar-refractivity contribution in [2.75, 3.05) is 13.1 Å². The molecule has 1 aromatic carbocycles. The quantitative estimate of drug-likeness (QED) is 0.795. The van der Waals surface area contributed by atoms with Crippen LogP contribution in [-0.4, -0.2) is 31.8 Å². The average Bonchev–Trinajstić information content (AvgIpc) is 2.90. The molecule has 1 fully saturated rings. The maximum atomic E-state index is 12.6. The minimum atomic E-state index is -1.46. The predicted octanol–water partition coefficient (Wildman–Crippen LogP) is 3.12. The molecular weight excluding hydrogens is 262 g/mol. The van der Waals surface area contributed by atoms with Gasteiger partial charge in [-0.3, -0.25) is 9.69 Å². The highest BCUT2D eigenvalue weighted by molar-refractivity contribution is 6.87. The first-order valence-corrected chi connectivity index (χ1v) is 11.0. The van der Waals surface area contributed by atoms with E-state index in [1.54, 1.807) is 0 Å². The first-order chi connectivity index (χ1) is 9.45. The van der Waals surface area contributed by atoms with E-state index in [1.807, 2.05) is 0 Å². The van der Waals surface area contributed by atoms with Crippen molar-refractivity contribution in [3.05, 3.63) is 47.2 Å². The van der Waals surface area contributed by atoms with Crippen LogP contribution in [0.25, 0.3) is 0 Å². The summed E-state index contributed by atoms with van der Waals surface area (Å²) in [6, 6.07) is 10.6. The van der Waals surface area contributed by atoms with Gasteiger partial charge in [0, 0.05) is 31.5 Å². The van der Waals surface area contributed by atoms with Crippen LogP contribution in [0.4, 0.5) is 0 Å². The van der Waals surface area contributed by atoms with E-state index in [-0.39, 0.29) is 5.92 Å². The molecule has 1 aliphatic carbocycles. The molecule has 3 heteroatoms. The highest BCUT2D eigenvalue weighted by atomic mass is 28.3. The smallest absolute Gasteiger partial charge is 0.159 e. The molecule has 2 nitrogen and oxygen atoms in total. The summed E-state index contributed by atoms with van der Waals surface area (Å²) in [6.45, 7) is 9.78. The molecule has 3 rings (SSSR count). The van der Waals surface area contributed by atoms with E-state index in [0.717, 1.165) is 19.6 Å². The molecule has 2 unspecified atom stereocenters. The van der Waals surface area contributed by atoms with E-state index in [9.17, 15) is 4.79 Å². The van der Waals surface area contributed by atoms with Crippen molar-refractivity contribution in [3.8, 4) is 0 Å². The first-order valence-electron chi connectivity index (χ1n) is 7.48. The summed E-state index contributed by atoms with van der Waals surface area (Å²) >= 11 is 0. The molecular formula is C17H23NOSi. The monoisotopic (exact) mass is 285 g/mol. The summed E-state index contributed by atoms with van der Waals surface area (Å²) in [6.07, 6.45) is 2.31. The van der Waals surface area contributed by atoms with E-state index in [2.05, 4.69) is 60.9 Å². The Bertz CT molecular complexity index is 544. The van der Waals surface area contributed by atoms with Crippen molar-refractivity contribution in [3.63, 3.8) is 0 Å². The lowest BCUT2D eigenvalue weighted by Crippen LogP contribution is -2.32. The number of carbonyl (C=O) groups is 1. The van der Waals surface area contributed by atoms with Crippen molar-refractivity contribution in [2.24, 2.45) is 11.8 Å². The number of hydrogen-bond acceptors (Lipinski definition) is 2. The molecule has 0 aromatic heterocycles. The SMILES string of the molecule is C[Si](C)(C)C1=CC2CN(Cc3ccccc3)CC2C1=O. The fourth-order valence-electron chi connectivity index (χ4n) is 3.45. The van der Waals surface area contributed by atoms with Gasteiger partial charge in [0.2, 0.25) is 0 Å². The predicted molar refractivity (Wildman–Crippen MR) is 85.1 cm³/mol. The minimum Gasteiger partial charge on any atom is -0.298 e. The molecule has 1 aliphatic heterocycles. The molecule has 0 N–H and O–H groups in total. The maximum absolute atomic E-state index is 12.6. The molecule has 0 radical (unpaired) electrons. The Balaban J connectivity index is 1.70. The number of allylic oxidation sites excluding steroid dienone is 1. The Morgan fingerprint density at radius 3 is 2.45 bits per heavy atom. The number of hydrogen-bond donors (Lipinski definition) is 0. The largest absolute Gasteiger partial charge is 0.298 e. The third-order valence-electron chi connectivity index (χ3n) is 4.48. The zero-order valence-electron chi connectivity index (χ0n) is 12.6. The van der Waals surface area contributed by atoms with E-state index < -0.39 is 8.07 Å². The Hall–Kier alpha value is -1.19. The van der Waals surface area contributed by atoms with Crippen molar-refractivity contribution < 1.29 is 4.79 Å². The lowest BCUT2D eigenvalue weighted by molar-refractivity contribution is -0.118. The summed E-state index contributed by atoms with van der Waals surface area (Å²) in [5.41, 5.74) is 1.34. The van der Waals surface area contributed by atoms with E-state index in [1.165, 1.54) is 10.8 Å². The van der Waals surface area contributed by atoms with Crippen molar-refractivity contribution in [2.45, 2.75) is 26.2 Å². The Labute approximate surface area is 122 Å². The van der Waals surface area contributed by atoms with Gasteiger partial charge in [-0.2, -0.15) is 0 Å². The fraction of sp³-hybridized carbons (Fsp3) is 0.471. The zero-order valence-corrected chi connectivity index (χ0v) is 13.6. The van der Waals surface area contributed by atoms with E-state index in [4.69, 9.17) is 0 Å². The van der Waals surface area contributed by atoms with Crippen LogP contribution in [0.2, 0.25) is 19.6 Å². The van der Waals surface area contributed by atoms with Gasteiger partial charge in [-0.15, -0.1) is 0 Å². The summed E-state index contributed by atoms with van der Waals surface area (Å²) in [4.78, 5) is 15.0. The topological polar surface area (TPSA) is 20.3 Å². The van der Waals surface area contributed by atoms with Gasteiger partial charge < -0.3 is 0 Å².